The molecular weight excluding hydrogens is 376 g/mol. The Morgan fingerprint density at radius 3 is 2.96 bits per heavy atom. The maximum Gasteiger partial charge on any atom is 0.289 e. The van der Waals surface area contributed by atoms with Crippen LogP contribution >= 0.6 is 22.9 Å². The summed E-state index contributed by atoms with van der Waals surface area (Å²) in [5, 5.41) is 25.0. The van der Waals surface area contributed by atoms with Gasteiger partial charge in [-0.3, -0.25) is 0 Å². The van der Waals surface area contributed by atoms with Crippen LogP contribution in [0.1, 0.15) is 21.7 Å². The van der Waals surface area contributed by atoms with Gasteiger partial charge in [0, 0.05) is 34.3 Å². The maximum absolute atomic E-state index is 11.3. The smallest absolute Gasteiger partial charge is 0.289 e. The largest absolute Gasteiger partial charge is 0.619 e. The molecule has 132 valence electrons. The predicted octanol–water partition coefficient (Wildman–Crippen LogP) is 3.16. The monoisotopic (exact) mass is 388 g/mol. The van der Waals surface area contributed by atoms with Crippen molar-refractivity contribution in [3.63, 3.8) is 0 Å². The quantitative estimate of drug-likeness (QED) is 0.550. The molecule has 0 saturated carbocycles. The van der Waals surface area contributed by atoms with Gasteiger partial charge in [0.2, 0.25) is 0 Å². The number of hydrogen-bond donors (Lipinski definition) is 1. The lowest BCUT2D eigenvalue weighted by atomic mass is 10.0. The number of aliphatic hydroxyl groups is 1. The SMILES string of the molecule is COc1ccc2c(c1)C(O)(c1nccs1)O/C2=C\c1cc[n+]([O-])cc1Cl. The van der Waals surface area contributed by atoms with Crippen molar-refractivity contribution in [3.8, 4) is 5.75 Å². The number of pyridine rings is 1. The first-order valence-electron chi connectivity index (χ1n) is 7.61. The van der Waals surface area contributed by atoms with Crippen LogP contribution in [-0.4, -0.2) is 17.2 Å². The third kappa shape index (κ3) is 2.70. The van der Waals surface area contributed by atoms with Gasteiger partial charge in [0.25, 0.3) is 5.79 Å². The van der Waals surface area contributed by atoms with E-state index in [4.69, 9.17) is 21.1 Å². The molecule has 1 aromatic carbocycles. The molecule has 1 atom stereocenters. The summed E-state index contributed by atoms with van der Waals surface area (Å²) < 4.78 is 11.8. The van der Waals surface area contributed by atoms with E-state index in [-0.39, 0.29) is 5.02 Å². The molecule has 0 amide bonds. The van der Waals surface area contributed by atoms with Crippen molar-refractivity contribution in [2.45, 2.75) is 5.79 Å². The highest BCUT2D eigenvalue weighted by atomic mass is 35.5. The van der Waals surface area contributed by atoms with Crippen molar-refractivity contribution in [2.75, 3.05) is 7.11 Å². The molecule has 4 rings (SSSR count). The molecule has 0 spiro atoms. The fourth-order valence-electron chi connectivity index (χ4n) is 2.79. The van der Waals surface area contributed by atoms with Crippen LogP contribution in [0.5, 0.6) is 5.75 Å². The average Bonchev–Trinajstić information content (AvgIpc) is 3.26. The number of nitrogens with zero attached hydrogens (tertiary/aromatic N) is 2. The number of ether oxygens (including phenoxy) is 2. The zero-order chi connectivity index (χ0) is 18.3. The molecule has 3 aromatic rings. The molecule has 3 heterocycles. The Hall–Kier alpha value is -2.61. The molecule has 0 bridgehead atoms. The predicted molar refractivity (Wildman–Crippen MR) is 97.5 cm³/mol. The number of halogens is 1. The van der Waals surface area contributed by atoms with Gasteiger partial charge in [-0.2, -0.15) is 4.73 Å². The van der Waals surface area contributed by atoms with E-state index < -0.39 is 5.79 Å². The summed E-state index contributed by atoms with van der Waals surface area (Å²) in [6.07, 6.45) is 5.88. The van der Waals surface area contributed by atoms with Gasteiger partial charge < -0.3 is 19.8 Å². The highest BCUT2D eigenvalue weighted by Crippen LogP contribution is 2.47. The molecule has 8 heteroatoms. The summed E-state index contributed by atoms with van der Waals surface area (Å²) in [4.78, 5) is 4.20. The normalized spacial score (nSPS) is 20.0. The third-order valence-electron chi connectivity index (χ3n) is 4.04. The van der Waals surface area contributed by atoms with Gasteiger partial charge in [0.15, 0.2) is 17.4 Å². The Balaban J connectivity index is 1.88. The topological polar surface area (TPSA) is 78.5 Å². The molecule has 0 aliphatic carbocycles. The van der Waals surface area contributed by atoms with Gasteiger partial charge in [-0.05, 0) is 24.3 Å². The second-order valence-corrected chi connectivity index (χ2v) is 6.91. The van der Waals surface area contributed by atoms with Gasteiger partial charge in [0.05, 0.1) is 7.11 Å². The number of fused-ring (bicyclic) bond motifs is 1. The van der Waals surface area contributed by atoms with Crippen molar-refractivity contribution in [1.29, 1.82) is 0 Å². The van der Waals surface area contributed by atoms with Crippen LogP contribution in [0.25, 0.3) is 11.8 Å². The zero-order valence-electron chi connectivity index (χ0n) is 13.5. The summed E-state index contributed by atoms with van der Waals surface area (Å²) in [5.74, 6) is -0.705. The number of benzene rings is 1. The molecule has 2 aromatic heterocycles. The van der Waals surface area contributed by atoms with E-state index >= 15 is 0 Å². The van der Waals surface area contributed by atoms with Crippen molar-refractivity contribution in [2.24, 2.45) is 0 Å². The molecule has 1 aliphatic rings. The fraction of sp³-hybridized carbons (Fsp3) is 0.111. The van der Waals surface area contributed by atoms with Crippen LogP contribution in [0.4, 0.5) is 0 Å². The number of thiazole rings is 1. The third-order valence-corrected chi connectivity index (χ3v) is 5.22. The van der Waals surface area contributed by atoms with Crippen molar-refractivity contribution >= 4 is 34.8 Å². The summed E-state index contributed by atoms with van der Waals surface area (Å²) in [5.41, 5.74) is 1.82. The zero-order valence-corrected chi connectivity index (χ0v) is 15.1. The van der Waals surface area contributed by atoms with Crippen molar-refractivity contribution in [3.05, 3.63) is 80.2 Å². The minimum atomic E-state index is -1.72. The first-order chi connectivity index (χ1) is 12.5. The van der Waals surface area contributed by atoms with Gasteiger partial charge in [0.1, 0.15) is 16.5 Å². The van der Waals surface area contributed by atoms with Crippen LogP contribution in [0.3, 0.4) is 0 Å². The Bertz CT molecular complexity index is 1010. The van der Waals surface area contributed by atoms with Gasteiger partial charge in [-0.25, -0.2) is 4.98 Å². The molecule has 0 fully saturated rings. The van der Waals surface area contributed by atoms with Crippen LogP contribution in [0.2, 0.25) is 5.02 Å². The first-order valence-corrected chi connectivity index (χ1v) is 8.87. The lowest BCUT2D eigenvalue weighted by Gasteiger charge is -2.20. The Morgan fingerprint density at radius 1 is 1.42 bits per heavy atom. The Morgan fingerprint density at radius 2 is 2.27 bits per heavy atom. The summed E-state index contributed by atoms with van der Waals surface area (Å²) in [7, 11) is 1.55. The van der Waals surface area contributed by atoms with Crippen molar-refractivity contribution < 1.29 is 19.3 Å². The van der Waals surface area contributed by atoms with E-state index in [0.717, 1.165) is 0 Å². The molecule has 0 saturated heterocycles. The summed E-state index contributed by atoms with van der Waals surface area (Å²) >= 11 is 7.42. The van der Waals surface area contributed by atoms with Gasteiger partial charge in [-0.1, -0.05) is 11.6 Å². The number of hydrogen-bond acceptors (Lipinski definition) is 6. The van der Waals surface area contributed by atoms with E-state index in [2.05, 4.69) is 4.98 Å². The molecule has 1 N–H and O–H groups in total. The summed E-state index contributed by atoms with van der Waals surface area (Å²) in [6.45, 7) is 0. The van der Waals surface area contributed by atoms with E-state index in [9.17, 15) is 10.3 Å². The average molecular weight is 389 g/mol. The fourth-order valence-corrected chi connectivity index (χ4v) is 3.69. The molecule has 6 nitrogen and oxygen atoms in total. The molecule has 1 unspecified atom stereocenters. The summed E-state index contributed by atoms with van der Waals surface area (Å²) in [6, 6.07) is 6.88. The highest BCUT2D eigenvalue weighted by Gasteiger charge is 2.46. The van der Waals surface area contributed by atoms with Crippen LogP contribution in [0, 0.1) is 5.21 Å². The molecule has 26 heavy (non-hydrogen) atoms. The molecule has 1 aliphatic heterocycles. The first kappa shape index (κ1) is 16.8. The van der Waals surface area contributed by atoms with E-state index in [0.29, 0.717) is 37.9 Å². The van der Waals surface area contributed by atoms with Gasteiger partial charge >= 0.3 is 0 Å². The van der Waals surface area contributed by atoms with Crippen LogP contribution in [0.15, 0.2) is 48.2 Å². The maximum atomic E-state index is 11.3. The number of rotatable bonds is 3. The number of methoxy groups -OCH3 is 1. The Labute approximate surface area is 158 Å². The van der Waals surface area contributed by atoms with Crippen molar-refractivity contribution in [1.82, 2.24) is 4.98 Å². The second-order valence-electron chi connectivity index (χ2n) is 5.61. The lowest BCUT2D eigenvalue weighted by molar-refractivity contribution is -0.605. The van der Waals surface area contributed by atoms with E-state index in [1.807, 2.05) is 0 Å². The minimum absolute atomic E-state index is 0.276. The lowest BCUT2D eigenvalue weighted by Crippen LogP contribution is -2.25. The van der Waals surface area contributed by atoms with E-state index in [1.54, 1.807) is 49.0 Å². The van der Waals surface area contributed by atoms with Gasteiger partial charge in [-0.15, -0.1) is 11.3 Å². The van der Waals surface area contributed by atoms with E-state index in [1.165, 1.54) is 23.7 Å². The highest BCUT2D eigenvalue weighted by molar-refractivity contribution is 7.09. The molecular formula is C18H13ClN2O4S. The number of aromatic nitrogens is 2. The minimum Gasteiger partial charge on any atom is -0.619 e. The molecule has 0 radical (unpaired) electrons. The second kappa shape index (κ2) is 6.28. The Kier molecular flexibility index (Phi) is 4.07. The standard InChI is InChI=1S/C18H13ClN2O4S/c1-24-12-2-3-13-14(9-12)18(22,17-20-5-7-26-17)25-16(13)8-11-4-6-21(23)10-15(11)19/h2-10,22H,1H3/b16-8-. The van der Waals surface area contributed by atoms with Crippen LogP contribution < -0.4 is 9.47 Å². The van der Waals surface area contributed by atoms with Crippen LogP contribution in [-0.2, 0) is 10.5 Å².